The molecule has 0 atom stereocenters. The predicted octanol–water partition coefficient (Wildman–Crippen LogP) is 1.64. The normalized spacial score (nSPS) is 10.4. The van der Waals surface area contributed by atoms with Crippen molar-refractivity contribution in [2.24, 2.45) is 0 Å². The molecule has 0 unspecified atom stereocenters. The number of hydrogen-bond donors (Lipinski definition) is 1. The molecule has 0 saturated carbocycles. The third-order valence-electron chi connectivity index (χ3n) is 1.69. The zero-order valence-corrected chi connectivity index (χ0v) is 7.74. The Bertz CT molecular complexity index is 468. The second-order valence-electron chi connectivity index (χ2n) is 2.66. The molecule has 72 valence electrons. The van der Waals surface area contributed by atoms with Gasteiger partial charge in [0.25, 0.3) is 0 Å². The van der Waals surface area contributed by atoms with E-state index in [1.54, 1.807) is 6.07 Å². The zero-order valence-electron chi connectivity index (χ0n) is 6.98. The van der Waals surface area contributed by atoms with E-state index in [0.717, 1.165) is 0 Å². The number of nitrogens with two attached hydrogens (primary N) is 1. The van der Waals surface area contributed by atoms with Gasteiger partial charge < -0.3 is 5.73 Å². The van der Waals surface area contributed by atoms with Crippen LogP contribution in [0.4, 0.5) is 10.2 Å². The molecule has 0 amide bonds. The van der Waals surface area contributed by atoms with Crippen LogP contribution in [0.1, 0.15) is 0 Å². The van der Waals surface area contributed by atoms with Crippen LogP contribution in [0, 0.1) is 5.82 Å². The first-order valence-corrected chi connectivity index (χ1v) is 4.18. The summed E-state index contributed by atoms with van der Waals surface area (Å²) in [6.07, 6.45) is 1.41. The van der Waals surface area contributed by atoms with Crippen LogP contribution in [0.5, 0.6) is 0 Å². The summed E-state index contributed by atoms with van der Waals surface area (Å²) in [6, 6.07) is 4.62. The zero-order chi connectivity index (χ0) is 10.1. The molecule has 2 rings (SSSR count). The van der Waals surface area contributed by atoms with Gasteiger partial charge in [-0.2, -0.15) is 0 Å². The second kappa shape index (κ2) is 3.26. The molecule has 4 nitrogen and oxygen atoms in total. The average Bonchev–Trinajstić information content (AvgIpc) is 2.57. The van der Waals surface area contributed by atoms with Crippen LogP contribution in [-0.2, 0) is 0 Å². The van der Waals surface area contributed by atoms with E-state index in [1.165, 1.54) is 23.0 Å². The summed E-state index contributed by atoms with van der Waals surface area (Å²) in [5.74, 6) is -0.316. The molecule has 0 aliphatic heterocycles. The van der Waals surface area contributed by atoms with E-state index in [9.17, 15) is 4.39 Å². The monoisotopic (exact) mass is 212 g/mol. The molecule has 0 saturated heterocycles. The van der Waals surface area contributed by atoms with Crippen LogP contribution >= 0.6 is 11.6 Å². The highest BCUT2D eigenvalue weighted by Crippen LogP contribution is 2.20. The van der Waals surface area contributed by atoms with Crippen molar-refractivity contribution in [1.82, 2.24) is 15.0 Å². The molecular formula is C8H6ClFN4. The lowest BCUT2D eigenvalue weighted by molar-refractivity contribution is 0.607. The second-order valence-corrected chi connectivity index (χ2v) is 3.07. The maximum Gasteiger partial charge on any atom is 0.167 e. The van der Waals surface area contributed by atoms with E-state index >= 15 is 0 Å². The van der Waals surface area contributed by atoms with Gasteiger partial charge in [0.05, 0.1) is 11.2 Å². The van der Waals surface area contributed by atoms with E-state index < -0.39 is 5.82 Å². The lowest BCUT2D eigenvalue weighted by Crippen LogP contribution is -1.98. The lowest BCUT2D eigenvalue weighted by atomic mass is 10.3. The fourth-order valence-corrected chi connectivity index (χ4v) is 1.23. The maximum atomic E-state index is 13.4. The first kappa shape index (κ1) is 8.96. The van der Waals surface area contributed by atoms with Crippen LogP contribution in [0.2, 0.25) is 5.02 Å². The molecule has 0 aliphatic carbocycles. The molecule has 1 heterocycles. The van der Waals surface area contributed by atoms with Gasteiger partial charge in [0.15, 0.2) is 11.6 Å². The van der Waals surface area contributed by atoms with Gasteiger partial charge in [0, 0.05) is 0 Å². The Morgan fingerprint density at radius 2 is 2.21 bits per heavy atom. The summed E-state index contributed by atoms with van der Waals surface area (Å²) in [7, 11) is 0. The predicted molar refractivity (Wildman–Crippen MR) is 50.7 cm³/mol. The van der Waals surface area contributed by atoms with Gasteiger partial charge >= 0.3 is 0 Å². The highest BCUT2D eigenvalue weighted by atomic mass is 35.5. The van der Waals surface area contributed by atoms with E-state index in [1.807, 2.05) is 0 Å². The minimum Gasteiger partial charge on any atom is -0.381 e. The Morgan fingerprint density at radius 3 is 2.86 bits per heavy atom. The van der Waals surface area contributed by atoms with Crippen molar-refractivity contribution in [3.05, 3.63) is 35.2 Å². The van der Waals surface area contributed by atoms with Gasteiger partial charge in [0.1, 0.15) is 5.69 Å². The Labute approximate surface area is 84.1 Å². The van der Waals surface area contributed by atoms with E-state index in [-0.39, 0.29) is 16.5 Å². The largest absolute Gasteiger partial charge is 0.381 e. The molecular weight excluding hydrogens is 207 g/mol. The summed E-state index contributed by atoms with van der Waals surface area (Å²) in [5, 5.41) is 7.21. The number of halogens is 2. The van der Waals surface area contributed by atoms with Crippen LogP contribution in [-0.4, -0.2) is 15.0 Å². The third-order valence-corrected chi connectivity index (χ3v) is 1.98. The van der Waals surface area contributed by atoms with Crippen molar-refractivity contribution in [3.8, 4) is 5.69 Å². The fourth-order valence-electron chi connectivity index (χ4n) is 1.06. The quantitative estimate of drug-likeness (QED) is 0.782. The van der Waals surface area contributed by atoms with Crippen molar-refractivity contribution >= 4 is 17.4 Å². The van der Waals surface area contributed by atoms with Crippen LogP contribution in [0.15, 0.2) is 24.4 Å². The molecule has 0 radical (unpaired) electrons. The van der Waals surface area contributed by atoms with Gasteiger partial charge in [-0.15, -0.1) is 5.10 Å². The molecule has 0 bridgehead atoms. The highest BCUT2D eigenvalue weighted by Gasteiger charge is 2.09. The average molecular weight is 213 g/mol. The third kappa shape index (κ3) is 1.42. The van der Waals surface area contributed by atoms with E-state index in [0.29, 0.717) is 0 Å². The van der Waals surface area contributed by atoms with E-state index in [4.69, 9.17) is 17.3 Å². The molecule has 0 spiro atoms. The first-order chi connectivity index (χ1) is 6.68. The number of anilines is 1. The summed E-state index contributed by atoms with van der Waals surface area (Å²) < 4.78 is 14.7. The van der Waals surface area contributed by atoms with Crippen molar-refractivity contribution in [1.29, 1.82) is 0 Å². The topological polar surface area (TPSA) is 56.7 Å². The van der Waals surface area contributed by atoms with Crippen LogP contribution < -0.4 is 5.73 Å². The van der Waals surface area contributed by atoms with Crippen LogP contribution in [0.25, 0.3) is 5.69 Å². The SMILES string of the molecule is Nc1cn(-c2cccc(Cl)c2F)nn1. The lowest BCUT2D eigenvalue weighted by Gasteiger charge is -2.02. The standard InChI is InChI=1S/C8H6ClFN4/c9-5-2-1-3-6(8(5)10)14-4-7(11)12-13-14/h1-4H,11H2. The molecule has 14 heavy (non-hydrogen) atoms. The highest BCUT2D eigenvalue weighted by molar-refractivity contribution is 6.30. The number of rotatable bonds is 1. The summed E-state index contributed by atoms with van der Waals surface area (Å²) in [6.45, 7) is 0. The molecule has 1 aromatic heterocycles. The van der Waals surface area contributed by atoms with Crippen molar-refractivity contribution in [2.75, 3.05) is 5.73 Å². The van der Waals surface area contributed by atoms with Crippen molar-refractivity contribution < 1.29 is 4.39 Å². The Morgan fingerprint density at radius 1 is 1.43 bits per heavy atom. The van der Waals surface area contributed by atoms with Crippen molar-refractivity contribution in [2.45, 2.75) is 0 Å². The minimum absolute atomic E-state index is 0.0385. The number of hydrogen-bond acceptors (Lipinski definition) is 3. The Kier molecular flexibility index (Phi) is 2.09. The van der Waals surface area contributed by atoms with Gasteiger partial charge in [-0.25, -0.2) is 9.07 Å². The molecule has 2 aromatic rings. The van der Waals surface area contributed by atoms with Gasteiger partial charge in [-0.1, -0.05) is 22.9 Å². The van der Waals surface area contributed by atoms with Gasteiger partial charge in [-0.3, -0.25) is 0 Å². The minimum atomic E-state index is -0.543. The van der Waals surface area contributed by atoms with Gasteiger partial charge in [0.2, 0.25) is 0 Å². The number of benzene rings is 1. The van der Waals surface area contributed by atoms with Crippen molar-refractivity contribution in [3.63, 3.8) is 0 Å². The molecule has 6 heteroatoms. The summed E-state index contributed by atoms with van der Waals surface area (Å²) in [4.78, 5) is 0. The van der Waals surface area contributed by atoms with Crippen LogP contribution in [0.3, 0.4) is 0 Å². The summed E-state index contributed by atoms with van der Waals surface area (Å²) >= 11 is 5.60. The Hall–Kier alpha value is -1.62. The molecule has 2 N–H and O–H groups in total. The van der Waals surface area contributed by atoms with Gasteiger partial charge in [-0.05, 0) is 12.1 Å². The number of aromatic nitrogens is 3. The first-order valence-electron chi connectivity index (χ1n) is 3.80. The Balaban J connectivity index is 2.57. The number of nitrogens with zero attached hydrogens (tertiary/aromatic N) is 3. The summed E-state index contributed by atoms with van der Waals surface area (Å²) in [5.41, 5.74) is 5.58. The fraction of sp³-hybridized carbons (Fsp3) is 0. The molecule has 1 aromatic carbocycles. The molecule has 0 fully saturated rings. The maximum absolute atomic E-state index is 13.4. The number of nitrogen functional groups attached to an aromatic ring is 1. The smallest absolute Gasteiger partial charge is 0.167 e. The molecule has 0 aliphatic rings. The van der Waals surface area contributed by atoms with E-state index in [2.05, 4.69) is 10.3 Å².